The van der Waals surface area contributed by atoms with E-state index < -0.39 is 18.2 Å². The molecule has 0 aromatic heterocycles. The summed E-state index contributed by atoms with van der Waals surface area (Å²) in [6, 6.07) is 5.03. The van der Waals surface area contributed by atoms with Crippen LogP contribution in [0.1, 0.15) is 12.5 Å². The number of amides is 2. The van der Waals surface area contributed by atoms with E-state index in [4.69, 9.17) is 10.6 Å². The highest BCUT2D eigenvalue weighted by Crippen LogP contribution is 2.23. The summed E-state index contributed by atoms with van der Waals surface area (Å²) in [7, 11) is 0. The minimum Gasteiger partial charge on any atom is -0.508 e. The first-order valence-electron chi connectivity index (χ1n) is 5.69. The van der Waals surface area contributed by atoms with Crippen LogP contribution in [0.15, 0.2) is 30.3 Å². The van der Waals surface area contributed by atoms with Gasteiger partial charge in [-0.1, -0.05) is 12.1 Å². The summed E-state index contributed by atoms with van der Waals surface area (Å²) in [5.74, 6) is 0.137. The maximum absolute atomic E-state index is 10.9. The molecule has 1 aliphatic heterocycles. The van der Waals surface area contributed by atoms with Crippen LogP contribution in [0.25, 0.3) is 5.70 Å². The molecule has 102 valence electrons. The highest BCUT2D eigenvalue weighted by atomic mass is 16.7. The fourth-order valence-electron chi connectivity index (χ4n) is 1.77. The van der Waals surface area contributed by atoms with Gasteiger partial charge in [0.2, 0.25) is 0 Å². The number of hydroxylamine groups is 3. The van der Waals surface area contributed by atoms with Gasteiger partial charge < -0.3 is 10.8 Å². The highest BCUT2D eigenvalue weighted by Gasteiger charge is 2.29. The fourth-order valence-corrected chi connectivity index (χ4v) is 1.77. The van der Waals surface area contributed by atoms with Crippen LogP contribution in [0, 0.1) is 0 Å². The largest absolute Gasteiger partial charge is 0.508 e. The third-order valence-electron chi connectivity index (χ3n) is 2.88. The van der Waals surface area contributed by atoms with Crippen molar-refractivity contribution in [1.82, 2.24) is 10.5 Å². The number of carbonyl (C=O) groups is 1. The van der Waals surface area contributed by atoms with Crippen LogP contribution in [0.3, 0.4) is 0 Å². The molecule has 0 bridgehead atoms. The first-order chi connectivity index (χ1) is 8.99. The number of rotatable bonds is 3. The van der Waals surface area contributed by atoms with Gasteiger partial charge >= 0.3 is 6.03 Å². The summed E-state index contributed by atoms with van der Waals surface area (Å²) in [6.07, 6.45) is 1.15. The molecule has 7 nitrogen and oxygen atoms in total. The Hall–Kier alpha value is -2.25. The molecule has 2 rings (SSSR count). The minimum atomic E-state index is -0.949. The zero-order valence-electron chi connectivity index (χ0n) is 10.3. The van der Waals surface area contributed by atoms with Crippen molar-refractivity contribution >= 4 is 11.7 Å². The van der Waals surface area contributed by atoms with Gasteiger partial charge in [0.1, 0.15) is 11.9 Å². The van der Waals surface area contributed by atoms with Gasteiger partial charge in [0.05, 0.1) is 11.7 Å². The lowest BCUT2D eigenvalue weighted by Gasteiger charge is -2.23. The number of hydrogen-bond acceptors (Lipinski definition) is 5. The predicted octanol–water partition coefficient (Wildman–Crippen LogP) is 0.795. The summed E-state index contributed by atoms with van der Waals surface area (Å²) in [4.78, 5) is 16.1. The molecule has 19 heavy (non-hydrogen) atoms. The van der Waals surface area contributed by atoms with Crippen molar-refractivity contribution in [3.05, 3.63) is 35.9 Å². The second-order valence-electron chi connectivity index (χ2n) is 4.24. The first-order valence-corrected chi connectivity index (χ1v) is 5.69. The number of nitrogens with zero attached hydrogens (tertiary/aromatic N) is 1. The molecule has 1 heterocycles. The highest BCUT2D eigenvalue weighted by molar-refractivity contribution is 5.71. The molecular weight excluding hydrogens is 250 g/mol. The van der Waals surface area contributed by atoms with Gasteiger partial charge in [-0.15, -0.1) is 0 Å². The Balaban J connectivity index is 2.15. The number of urea groups is 1. The fraction of sp³-hybridized carbons (Fsp3) is 0.250. The number of benzene rings is 1. The molecule has 2 amide bonds. The number of nitrogens with two attached hydrogens (primary N) is 1. The van der Waals surface area contributed by atoms with E-state index in [2.05, 4.69) is 5.48 Å². The first kappa shape index (κ1) is 13.2. The summed E-state index contributed by atoms with van der Waals surface area (Å²) in [6.45, 7) is 1.60. The molecule has 1 aromatic carbocycles. The van der Waals surface area contributed by atoms with E-state index in [1.54, 1.807) is 37.3 Å². The monoisotopic (exact) mass is 265 g/mol. The molecule has 7 heteroatoms. The summed E-state index contributed by atoms with van der Waals surface area (Å²) in [5, 5.41) is 19.3. The summed E-state index contributed by atoms with van der Waals surface area (Å²) < 4.78 is 0. The summed E-state index contributed by atoms with van der Waals surface area (Å²) >= 11 is 0. The van der Waals surface area contributed by atoms with Gasteiger partial charge in [0.25, 0.3) is 0 Å². The van der Waals surface area contributed by atoms with E-state index in [0.717, 1.165) is 5.56 Å². The van der Waals surface area contributed by atoms with E-state index >= 15 is 0 Å². The smallest absolute Gasteiger partial charge is 0.338 e. The van der Waals surface area contributed by atoms with Crippen LogP contribution in [0.2, 0.25) is 0 Å². The molecule has 0 saturated carbocycles. The Labute approximate surface area is 109 Å². The summed E-state index contributed by atoms with van der Waals surface area (Å²) in [5.41, 5.74) is 9.04. The third kappa shape index (κ3) is 2.78. The molecule has 0 aliphatic carbocycles. The van der Waals surface area contributed by atoms with Gasteiger partial charge in [-0.05, 0) is 25.1 Å². The van der Waals surface area contributed by atoms with E-state index in [1.807, 2.05) is 0 Å². The van der Waals surface area contributed by atoms with Crippen molar-refractivity contribution in [2.45, 2.75) is 19.1 Å². The average molecular weight is 265 g/mol. The maximum atomic E-state index is 10.9. The lowest BCUT2D eigenvalue weighted by atomic mass is 10.1. The quantitative estimate of drug-likeness (QED) is 0.477. The van der Waals surface area contributed by atoms with Crippen LogP contribution >= 0.6 is 0 Å². The Bertz CT molecular complexity index is 517. The molecule has 2 atom stereocenters. The SMILES string of the molecule is CC(C1C=C(c2cccc(O)c2)NO1)N(O)C(N)=O. The standard InChI is InChI=1S/C12H15N3O4/c1-7(15(18)12(13)17)11-6-10(14-19-11)8-3-2-4-9(16)5-8/h2-7,11,14,16,18H,1H3,(H2,13,17). The van der Waals surface area contributed by atoms with Gasteiger partial charge in [0.15, 0.2) is 0 Å². The van der Waals surface area contributed by atoms with Gasteiger partial charge in [-0.25, -0.2) is 9.86 Å². The number of phenols is 1. The van der Waals surface area contributed by atoms with Crippen molar-refractivity contribution in [1.29, 1.82) is 0 Å². The second kappa shape index (κ2) is 5.17. The van der Waals surface area contributed by atoms with E-state index in [9.17, 15) is 15.1 Å². The van der Waals surface area contributed by atoms with Crippen molar-refractivity contribution in [2.24, 2.45) is 5.73 Å². The number of phenolic OH excluding ortho intramolecular Hbond substituents is 1. The van der Waals surface area contributed by atoms with Crippen LogP contribution < -0.4 is 11.2 Å². The van der Waals surface area contributed by atoms with E-state index in [0.29, 0.717) is 10.8 Å². The molecule has 0 spiro atoms. The van der Waals surface area contributed by atoms with Gasteiger partial charge in [-0.3, -0.25) is 15.5 Å². The Morgan fingerprint density at radius 2 is 2.32 bits per heavy atom. The van der Waals surface area contributed by atoms with Crippen molar-refractivity contribution in [3.63, 3.8) is 0 Å². The van der Waals surface area contributed by atoms with Crippen molar-refractivity contribution in [3.8, 4) is 5.75 Å². The average Bonchev–Trinajstić information content (AvgIpc) is 2.86. The number of carbonyl (C=O) groups excluding carboxylic acids is 1. The molecule has 0 radical (unpaired) electrons. The lowest BCUT2D eigenvalue weighted by molar-refractivity contribution is -0.111. The normalized spacial score (nSPS) is 19.5. The van der Waals surface area contributed by atoms with Crippen LogP contribution in [0.4, 0.5) is 4.79 Å². The van der Waals surface area contributed by atoms with E-state index in [-0.39, 0.29) is 5.75 Å². The lowest BCUT2D eigenvalue weighted by Crippen LogP contribution is -2.45. The molecule has 0 fully saturated rings. The third-order valence-corrected chi connectivity index (χ3v) is 2.88. The number of primary amides is 1. The number of hydrogen-bond donors (Lipinski definition) is 4. The molecule has 1 aliphatic rings. The maximum Gasteiger partial charge on any atom is 0.338 e. The molecule has 2 unspecified atom stereocenters. The van der Waals surface area contributed by atoms with E-state index in [1.165, 1.54) is 0 Å². The second-order valence-corrected chi connectivity index (χ2v) is 4.24. The molecule has 1 aromatic rings. The number of nitrogens with one attached hydrogen (secondary N) is 1. The zero-order chi connectivity index (χ0) is 14.0. The zero-order valence-corrected chi connectivity index (χ0v) is 10.3. The predicted molar refractivity (Wildman–Crippen MR) is 66.8 cm³/mol. The van der Waals surface area contributed by atoms with Gasteiger partial charge in [-0.2, -0.15) is 0 Å². The Morgan fingerprint density at radius 1 is 1.58 bits per heavy atom. The van der Waals surface area contributed by atoms with Crippen molar-refractivity contribution in [2.75, 3.05) is 0 Å². The van der Waals surface area contributed by atoms with Crippen LogP contribution in [-0.2, 0) is 4.84 Å². The van der Waals surface area contributed by atoms with Crippen molar-refractivity contribution < 1.29 is 19.9 Å². The van der Waals surface area contributed by atoms with Crippen LogP contribution in [-0.4, -0.2) is 33.6 Å². The molecule has 5 N–H and O–H groups in total. The molecule has 0 saturated heterocycles. The van der Waals surface area contributed by atoms with Crippen LogP contribution in [0.5, 0.6) is 5.75 Å². The minimum absolute atomic E-state index is 0.137. The van der Waals surface area contributed by atoms with Gasteiger partial charge in [0, 0.05) is 5.56 Å². The Morgan fingerprint density at radius 3 is 2.95 bits per heavy atom. The number of aromatic hydroxyl groups is 1. The molecular formula is C12H15N3O4. The topological polar surface area (TPSA) is 108 Å². The Kier molecular flexibility index (Phi) is 3.59.